The smallest absolute Gasteiger partial charge is 0.240 e. The van der Waals surface area contributed by atoms with Crippen LogP contribution in [0.4, 0.5) is 10.1 Å². The van der Waals surface area contributed by atoms with Crippen molar-refractivity contribution in [2.24, 2.45) is 0 Å². The van der Waals surface area contributed by atoms with Gasteiger partial charge in [0.15, 0.2) is 11.6 Å². The van der Waals surface area contributed by atoms with Gasteiger partial charge in [-0.3, -0.25) is 4.79 Å². The second-order valence-electron chi connectivity index (χ2n) is 4.15. The van der Waals surface area contributed by atoms with E-state index in [0.717, 1.165) is 12.8 Å². The Morgan fingerprint density at radius 1 is 1.56 bits per heavy atom. The van der Waals surface area contributed by atoms with Crippen molar-refractivity contribution in [2.45, 2.75) is 24.6 Å². The van der Waals surface area contributed by atoms with E-state index in [0.29, 0.717) is 18.8 Å². The summed E-state index contributed by atoms with van der Waals surface area (Å²) in [6.07, 6.45) is 1.74. The maximum absolute atomic E-state index is 13.7. The third-order valence-electron chi connectivity index (χ3n) is 2.90. The Bertz CT molecular complexity index is 453. The zero-order chi connectivity index (χ0) is 13.1. The molecule has 1 aromatic carbocycles. The summed E-state index contributed by atoms with van der Waals surface area (Å²) in [6.45, 7) is 2.85. The first-order valence-corrected chi connectivity index (χ1v) is 6.93. The highest BCUT2D eigenvalue weighted by atomic mass is 79.9. The standard InChI is InChI=1S/C13H15BrFNO2/c1-2-18-12-6-5-9(8-11(12)15)16-7-3-4-10(14)13(16)17/h5-6,8,10H,2-4,7H2,1H3. The summed E-state index contributed by atoms with van der Waals surface area (Å²) in [5, 5.41) is 0. The molecule has 3 nitrogen and oxygen atoms in total. The number of piperidine rings is 1. The van der Waals surface area contributed by atoms with Crippen molar-refractivity contribution in [3.63, 3.8) is 0 Å². The predicted octanol–water partition coefficient (Wildman–Crippen LogP) is 3.11. The molecule has 0 N–H and O–H groups in total. The monoisotopic (exact) mass is 315 g/mol. The number of carbonyl (C=O) groups excluding carboxylic acids is 1. The van der Waals surface area contributed by atoms with Gasteiger partial charge < -0.3 is 9.64 Å². The van der Waals surface area contributed by atoms with Crippen molar-refractivity contribution >= 4 is 27.5 Å². The number of ether oxygens (including phenoxy) is 1. The van der Waals surface area contributed by atoms with Gasteiger partial charge in [-0.05, 0) is 31.9 Å². The number of nitrogens with zero attached hydrogens (tertiary/aromatic N) is 1. The number of halogens is 2. The van der Waals surface area contributed by atoms with E-state index in [1.165, 1.54) is 6.07 Å². The summed E-state index contributed by atoms with van der Waals surface area (Å²) < 4.78 is 18.9. The molecule has 0 bridgehead atoms. The van der Waals surface area contributed by atoms with E-state index in [2.05, 4.69) is 15.9 Å². The van der Waals surface area contributed by atoms with E-state index in [4.69, 9.17) is 4.74 Å². The molecule has 1 atom stereocenters. The minimum absolute atomic E-state index is 0.00944. The van der Waals surface area contributed by atoms with Crippen LogP contribution in [0.15, 0.2) is 18.2 Å². The van der Waals surface area contributed by atoms with Crippen molar-refractivity contribution in [2.75, 3.05) is 18.1 Å². The van der Waals surface area contributed by atoms with Crippen LogP contribution in [0.2, 0.25) is 0 Å². The molecule has 0 aromatic heterocycles. The maximum Gasteiger partial charge on any atom is 0.240 e. The normalized spacial score (nSPS) is 20.1. The molecule has 1 heterocycles. The van der Waals surface area contributed by atoms with Crippen LogP contribution >= 0.6 is 15.9 Å². The lowest BCUT2D eigenvalue weighted by Gasteiger charge is -2.30. The quantitative estimate of drug-likeness (QED) is 0.802. The second kappa shape index (κ2) is 5.69. The summed E-state index contributed by atoms with van der Waals surface area (Å²) in [7, 11) is 0. The highest BCUT2D eigenvalue weighted by Gasteiger charge is 2.27. The Morgan fingerprint density at radius 2 is 2.33 bits per heavy atom. The van der Waals surface area contributed by atoms with Crippen molar-refractivity contribution in [1.82, 2.24) is 0 Å². The van der Waals surface area contributed by atoms with Crippen molar-refractivity contribution in [3.8, 4) is 5.75 Å². The number of rotatable bonds is 3. The van der Waals surface area contributed by atoms with Gasteiger partial charge in [-0.15, -0.1) is 0 Å². The topological polar surface area (TPSA) is 29.5 Å². The molecule has 1 aliphatic heterocycles. The lowest BCUT2D eigenvalue weighted by Crippen LogP contribution is -2.41. The van der Waals surface area contributed by atoms with Gasteiger partial charge in [-0.25, -0.2) is 4.39 Å². The highest BCUT2D eigenvalue weighted by Crippen LogP contribution is 2.28. The average Bonchev–Trinajstić information content (AvgIpc) is 2.35. The summed E-state index contributed by atoms with van der Waals surface area (Å²) in [4.78, 5) is 13.4. The molecule has 1 aromatic rings. The van der Waals surface area contributed by atoms with Crippen LogP contribution in [0.3, 0.4) is 0 Å². The fourth-order valence-corrected chi connectivity index (χ4v) is 2.59. The molecule has 18 heavy (non-hydrogen) atoms. The third kappa shape index (κ3) is 2.66. The van der Waals surface area contributed by atoms with Gasteiger partial charge in [0.2, 0.25) is 5.91 Å². The Labute approximate surface area is 114 Å². The van der Waals surface area contributed by atoms with Gasteiger partial charge in [0, 0.05) is 18.3 Å². The predicted molar refractivity (Wildman–Crippen MR) is 71.9 cm³/mol. The SMILES string of the molecule is CCOc1ccc(N2CCCC(Br)C2=O)cc1F. The van der Waals surface area contributed by atoms with Gasteiger partial charge in [-0.1, -0.05) is 15.9 Å². The fraction of sp³-hybridized carbons (Fsp3) is 0.462. The Kier molecular flexibility index (Phi) is 4.22. The number of hydrogen-bond acceptors (Lipinski definition) is 2. The third-order valence-corrected chi connectivity index (χ3v) is 3.75. The number of amides is 1. The average molecular weight is 316 g/mol. The molecule has 2 rings (SSSR count). The Morgan fingerprint density at radius 3 is 3.00 bits per heavy atom. The minimum atomic E-state index is -0.432. The largest absolute Gasteiger partial charge is 0.491 e. The first-order valence-electron chi connectivity index (χ1n) is 6.01. The molecule has 0 aliphatic carbocycles. The number of carbonyl (C=O) groups is 1. The van der Waals surface area contributed by atoms with E-state index >= 15 is 0 Å². The molecule has 98 valence electrons. The number of benzene rings is 1. The summed E-state index contributed by atoms with van der Waals surface area (Å²) in [5.41, 5.74) is 0.588. The van der Waals surface area contributed by atoms with Crippen LogP contribution in [0.1, 0.15) is 19.8 Å². The zero-order valence-corrected chi connectivity index (χ0v) is 11.7. The van der Waals surface area contributed by atoms with Gasteiger partial charge in [0.1, 0.15) is 0 Å². The van der Waals surface area contributed by atoms with Gasteiger partial charge in [0.25, 0.3) is 0 Å². The van der Waals surface area contributed by atoms with Crippen molar-refractivity contribution in [3.05, 3.63) is 24.0 Å². The molecule has 1 aliphatic rings. The van der Waals surface area contributed by atoms with E-state index in [1.54, 1.807) is 24.0 Å². The van der Waals surface area contributed by atoms with Gasteiger partial charge in [-0.2, -0.15) is 0 Å². The van der Waals surface area contributed by atoms with E-state index < -0.39 is 5.82 Å². The van der Waals surface area contributed by atoms with Gasteiger partial charge in [0.05, 0.1) is 11.4 Å². The van der Waals surface area contributed by atoms with Crippen LogP contribution < -0.4 is 9.64 Å². The molecule has 1 fully saturated rings. The minimum Gasteiger partial charge on any atom is -0.491 e. The summed E-state index contributed by atoms with van der Waals surface area (Å²) in [5.74, 6) is -0.218. The zero-order valence-electron chi connectivity index (χ0n) is 10.2. The molecule has 1 saturated heterocycles. The van der Waals surface area contributed by atoms with E-state index in [9.17, 15) is 9.18 Å². The van der Waals surface area contributed by atoms with Gasteiger partial charge >= 0.3 is 0 Å². The molecule has 0 saturated carbocycles. The Balaban J connectivity index is 2.23. The summed E-state index contributed by atoms with van der Waals surface area (Å²) >= 11 is 3.34. The summed E-state index contributed by atoms with van der Waals surface area (Å²) in [6, 6.07) is 4.64. The van der Waals surface area contributed by atoms with Crippen LogP contribution in [0, 0.1) is 5.82 Å². The number of anilines is 1. The number of hydrogen-bond donors (Lipinski definition) is 0. The maximum atomic E-state index is 13.7. The number of alkyl halides is 1. The molecule has 1 unspecified atom stereocenters. The molecule has 0 spiro atoms. The fourth-order valence-electron chi connectivity index (χ4n) is 2.02. The second-order valence-corrected chi connectivity index (χ2v) is 5.25. The molecular formula is C13H15BrFNO2. The van der Waals surface area contributed by atoms with Crippen LogP contribution in [0.5, 0.6) is 5.75 Å². The molecule has 1 amide bonds. The van der Waals surface area contributed by atoms with E-state index in [-0.39, 0.29) is 16.5 Å². The molecular weight excluding hydrogens is 301 g/mol. The first kappa shape index (κ1) is 13.3. The van der Waals surface area contributed by atoms with Crippen LogP contribution in [-0.2, 0) is 4.79 Å². The van der Waals surface area contributed by atoms with Crippen molar-refractivity contribution < 1.29 is 13.9 Å². The molecule has 0 radical (unpaired) electrons. The lowest BCUT2D eigenvalue weighted by molar-refractivity contribution is -0.118. The van der Waals surface area contributed by atoms with Crippen LogP contribution in [0.25, 0.3) is 0 Å². The lowest BCUT2D eigenvalue weighted by atomic mass is 10.1. The first-order chi connectivity index (χ1) is 8.63. The van der Waals surface area contributed by atoms with Crippen LogP contribution in [-0.4, -0.2) is 23.9 Å². The Hall–Kier alpha value is -1.10. The highest BCUT2D eigenvalue weighted by molar-refractivity contribution is 9.10. The van der Waals surface area contributed by atoms with E-state index in [1.807, 2.05) is 0 Å². The van der Waals surface area contributed by atoms with Crippen molar-refractivity contribution in [1.29, 1.82) is 0 Å². The molecule has 5 heteroatoms.